The van der Waals surface area contributed by atoms with Crippen LogP contribution >= 0.6 is 11.8 Å². The number of aliphatic hydroxyl groups is 1. The van der Waals surface area contributed by atoms with E-state index in [9.17, 15) is 5.11 Å². The number of benzene rings is 1. The van der Waals surface area contributed by atoms with Gasteiger partial charge in [-0.3, -0.25) is 0 Å². The Morgan fingerprint density at radius 1 is 1.28 bits per heavy atom. The largest absolute Gasteiger partial charge is 0.396 e. The summed E-state index contributed by atoms with van der Waals surface area (Å²) in [6, 6.07) is 8.82. The van der Waals surface area contributed by atoms with E-state index >= 15 is 0 Å². The van der Waals surface area contributed by atoms with Crippen molar-refractivity contribution in [1.29, 1.82) is 0 Å². The summed E-state index contributed by atoms with van der Waals surface area (Å²) >= 11 is 1.78. The van der Waals surface area contributed by atoms with E-state index in [0.717, 1.165) is 19.5 Å². The monoisotopic (exact) mass is 265 g/mol. The molecule has 0 aromatic heterocycles. The molecule has 0 saturated heterocycles. The lowest BCUT2D eigenvalue weighted by molar-refractivity contribution is 0.165. The molecule has 1 aliphatic rings. The molecule has 0 radical (unpaired) electrons. The molecule has 2 nitrogen and oxygen atoms in total. The highest BCUT2D eigenvalue weighted by atomic mass is 32.2. The zero-order valence-corrected chi connectivity index (χ0v) is 12.2. The number of thioether (sulfide) groups is 1. The first-order valence-electron chi connectivity index (χ1n) is 6.60. The number of likely N-dealkylation sites (N-methyl/N-ethyl adjacent to an activating group) is 1. The molecule has 1 aromatic carbocycles. The van der Waals surface area contributed by atoms with E-state index < -0.39 is 0 Å². The molecule has 1 fully saturated rings. The van der Waals surface area contributed by atoms with Gasteiger partial charge >= 0.3 is 0 Å². The van der Waals surface area contributed by atoms with Gasteiger partial charge in [-0.25, -0.2) is 0 Å². The van der Waals surface area contributed by atoms with Gasteiger partial charge in [0.15, 0.2) is 0 Å². The summed E-state index contributed by atoms with van der Waals surface area (Å²) in [5.41, 5.74) is 1.63. The zero-order chi connectivity index (χ0) is 13.0. The lowest BCUT2D eigenvalue weighted by atomic mass is 10.1. The van der Waals surface area contributed by atoms with Gasteiger partial charge in [-0.1, -0.05) is 12.1 Å². The van der Waals surface area contributed by atoms with Crippen LogP contribution in [0.25, 0.3) is 0 Å². The van der Waals surface area contributed by atoms with Gasteiger partial charge in [-0.05, 0) is 50.3 Å². The van der Waals surface area contributed by atoms with Crippen LogP contribution in [0.1, 0.15) is 18.4 Å². The Hall–Kier alpha value is -0.510. The van der Waals surface area contributed by atoms with Gasteiger partial charge in [-0.2, -0.15) is 0 Å². The Morgan fingerprint density at radius 3 is 2.44 bits per heavy atom. The highest BCUT2D eigenvalue weighted by molar-refractivity contribution is 7.98. The standard InChI is InChI=1S/C15H23NOS/c1-16(11-15(12-17)8-9-15)10-7-13-3-5-14(18-2)6-4-13/h3-6,17H,7-12H2,1-2H3. The van der Waals surface area contributed by atoms with Crippen molar-refractivity contribution in [1.82, 2.24) is 4.90 Å². The quantitative estimate of drug-likeness (QED) is 0.767. The van der Waals surface area contributed by atoms with Crippen molar-refractivity contribution in [3.63, 3.8) is 0 Å². The fraction of sp³-hybridized carbons (Fsp3) is 0.600. The normalized spacial score (nSPS) is 17.1. The predicted octanol–water partition coefficient (Wildman–Crippen LogP) is 2.66. The molecule has 0 unspecified atom stereocenters. The Labute approximate surface area is 114 Å². The first-order chi connectivity index (χ1) is 8.67. The third-order valence-electron chi connectivity index (χ3n) is 3.84. The Balaban J connectivity index is 1.76. The Kier molecular flexibility index (Phi) is 4.71. The molecule has 0 spiro atoms. The summed E-state index contributed by atoms with van der Waals surface area (Å²) in [6.45, 7) is 2.45. The van der Waals surface area contributed by atoms with Crippen LogP contribution in [0.3, 0.4) is 0 Å². The predicted molar refractivity (Wildman–Crippen MR) is 78.2 cm³/mol. The SMILES string of the molecule is CSc1ccc(CCN(C)CC2(CO)CC2)cc1. The highest BCUT2D eigenvalue weighted by Crippen LogP contribution is 2.45. The van der Waals surface area contributed by atoms with Crippen LogP contribution in [0.2, 0.25) is 0 Å². The molecule has 0 heterocycles. The molecule has 1 saturated carbocycles. The van der Waals surface area contributed by atoms with Gasteiger partial charge in [-0.15, -0.1) is 11.8 Å². The van der Waals surface area contributed by atoms with Crippen LogP contribution in [-0.4, -0.2) is 43.0 Å². The lowest BCUT2D eigenvalue weighted by Crippen LogP contribution is -2.30. The van der Waals surface area contributed by atoms with Crippen LogP contribution in [0, 0.1) is 5.41 Å². The van der Waals surface area contributed by atoms with Crippen molar-refractivity contribution in [2.75, 3.05) is 33.0 Å². The molecular formula is C15H23NOS. The average molecular weight is 265 g/mol. The van der Waals surface area contributed by atoms with Gasteiger partial charge in [0, 0.05) is 30.0 Å². The number of aliphatic hydroxyl groups excluding tert-OH is 1. The maximum atomic E-state index is 9.32. The molecule has 1 aliphatic carbocycles. The van der Waals surface area contributed by atoms with Crippen molar-refractivity contribution >= 4 is 11.8 Å². The molecule has 2 rings (SSSR count). The molecule has 0 bridgehead atoms. The number of nitrogens with zero attached hydrogens (tertiary/aromatic N) is 1. The second-order valence-electron chi connectivity index (χ2n) is 5.49. The first-order valence-corrected chi connectivity index (χ1v) is 7.82. The van der Waals surface area contributed by atoms with Crippen LogP contribution in [-0.2, 0) is 6.42 Å². The second-order valence-corrected chi connectivity index (χ2v) is 6.37. The van der Waals surface area contributed by atoms with Crippen molar-refractivity contribution in [3.05, 3.63) is 29.8 Å². The molecule has 18 heavy (non-hydrogen) atoms. The Bertz CT molecular complexity index is 373. The van der Waals surface area contributed by atoms with Crippen molar-refractivity contribution in [2.24, 2.45) is 5.41 Å². The van der Waals surface area contributed by atoms with Gasteiger partial charge in [0.05, 0.1) is 0 Å². The minimum absolute atomic E-state index is 0.234. The van der Waals surface area contributed by atoms with E-state index in [4.69, 9.17) is 0 Å². The average Bonchev–Trinajstić information content (AvgIpc) is 3.17. The van der Waals surface area contributed by atoms with Gasteiger partial charge in [0.2, 0.25) is 0 Å². The maximum absolute atomic E-state index is 9.32. The van der Waals surface area contributed by atoms with Gasteiger partial charge in [0.1, 0.15) is 0 Å². The Morgan fingerprint density at radius 2 is 1.94 bits per heavy atom. The summed E-state index contributed by atoms with van der Waals surface area (Å²) in [5, 5.41) is 9.32. The third kappa shape index (κ3) is 3.74. The van der Waals surface area contributed by atoms with E-state index in [-0.39, 0.29) is 5.41 Å². The van der Waals surface area contributed by atoms with Crippen LogP contribution < -0.4 is 0 Å². The highest BCUT2D eigenvalue weighted by Gasteiger charge is 2.42. The fourth-order valence-corrected chi connectivity index (χ4v) is 2.72. The minimum atomic E-state index is 0.234. The molecule has 0 amide bonds. The maximum Gasteiger partial charge on any atom is 0.0499 e. The summed E-state index contributed by atoms with van der Waals surface area (Å²) in [7, 11) is 2.16. The molecule has 0 aliphatic heterocycles. The van der Waals surface area contributed by atoms with Crippen LogP contribution in [0.4, 0.5) is 0 Å². The van der Waals surface area contributed by atoms with E-state index in [2.05, 4.69) is 42.5 Å². The zero-order valence-electron chi connectivity index (χ0n) is 11.4. The van der Waals surface area contributed by atoms with E-state index in [1.807, 2.05) is 0 Å². The summed E-state index contributed by atoms with van der Waals surface area (Å²) in [5.74, 6) is 0. The summed E-state index contributed by atoms with van der Waals surface area (Å²) in [6.07, 6.45) is 5.58. The van der Waals surface area contributed by atoms with Crippen LogP contribution in [0.5, 0.6) is 0 Å². The van der Waals surface area contributed by atoms with Crippen molar-refractivity contribution in [2.45, 2.75) is 24.2 Å². The molecule has 0 atom stereocenters. The lowest BCUT2D eigenvalue weighted by Gasteiger charge is -2.22. The number of hydrogen-bond donors (Lipinski definition) is 1. The van der Waals surface area contributed by atoms with E-state index in [1.165, 1.54) is 23.3 Å². The third-order valence-corrected chi connectivity index (χ3v) is 4.58. The second kappa shape index (κ2) is 6.09. The smallest absolute Gasteiger partial charge is 0.0499 e. The van der Waals surface area contributed by atoms with Gasteiger partial charge in [0.25, 0.3) is 0 Å². The summed E-state index contributed by atoms with van der Waals surface area (Å²) in [4.78, 5) is 3.68. The minimum Gasteiger partial charge on any atom is -0.396 e. The first kappa shape index (κ1) is 13.9. The number of hydrogen-bond acceptors (Lipinski definition) is 3. The van der Waals surface area contributed by atoms with Crippen molar-refractivity contribution < 1.29 is 5.11 Å². The topological polar surface area (TPSA) is 23.5 Å². The van der Waals surface area contributed by atoms with Crippen molar-refractivity contribution in [3.8, 4) is 0 Å². The van der Waals surface area contributed by atoms with Gasteiger partial charge < -0.3 is 10.0 Å². The molecule has 1 aromatic rings. The van der Waals surface area contributed by atoms with E-state index in [0.29, 0.717) is 6.61 Å². The number of rotatable bonds is 7. The summed E-state index contributed by atoms with van der Waals surface area (Å²) < 4.78 is 0. The molecular weight excluding hydrogens is 242 g/mol. The molecule has 100 valence electrons. The van der Waals surface area contributed by atoms with E-state index in [1.54, 1.807) is 11.8 Å². The van der Waals surface area contributed by atoms with Crippen LogP contribution in [0.15, 0.2) is 29.2 Å². The fourth-order valence-electron chi connectivity index (χ4n) is 2.31. The molecule has 1 N–H and O–H groups in total. The molecule has 3 heteroatoms.